The van der Waals surface area contributed by atoms with Gasteiger partial charge < -0.3 is 9.64 Å². The molecule has 0 N–H and O–H groups in total. The molecule has 2 aliphatic heterocycles. The van der Waals surface area contributed by atoms with Gasteiger partial charge in [0, 0.05) is 44.7 Å². The Bertz CT molecular complexity index is 779. The van der Waals surface area contributed by atoms with Gasteiger partial charge in [0.15, 0.2) is 0 Å². The molecule has 0 unspecified atom stereocenters. The number of carbonyl (C=O) groups is 1. The summed E-state index contributed by atoms with van der Waals surface area (Å²) < 4.78 is 32.2. The average Bonchev–Trinajstić information content (AvgIpc) is 2.67. The molecule has 1 aromatic rings. The summed E-state index contributed by atoms with van der Waals surface area (Å²) in [5, 5.41) is 1.26. The lowest BCUT2D eigenvalue weighted by atomic mass is 10.2. The predicted octanol–water partition coefficient (Wildman–Crippen LogP) is 1.24. The van der Waals surface area contributed by atoms with E-state index in [1.165, 1.54) is 9.71 Å². The summed E-state index contributed by atoms with van der Waals surface area (Å²) in [6.45, 7) is 7.40. The van der Waals surface area contributed by atoms with Crippen LogP contribution in [0.2, 0.25) is 0 Å². The number of hydrogen-bond acceptors (Lipinski definition) is 5. The van der Waals surface area contributed by atoms with Crippen LogP contribution < -0.4 is 0 Å². The molecule has 0 aromatic heterocycles. The Morgan fingerprint density at radius 3 is 2.29 bits per heavy atom. The van der Waals surface area contributed by atoms with Crippen molar-refractivity contribution < 1.29 is 17.9 Å². The van der Waals surface area contributed by atoms with E-state index in [1.54, 1.807) is 6.08 Å². The quantitative estimate of drug-likeness (QED) is 0.735. The fourth-order valence-corrected chi connectivity index (χ4v) is 4.80. The lowest BCUT2D eigenvalue weighted by Crippen LogP contribution is -2.54. The van der Waals surface area contributed by atoms with Crippen LogP contribution >= 0.6 is 0 Å². The molecule has 2 atom stereocenters. The minimum atomic E-state index is -3.45. The largest absolute Gasteiger partial charge is 0.372 e. The first-order valence-corrected chi connectivity index (χ1v) is 11.2. The van der Waals surface area contributed by atoms with Gasteiger partial charge in [0.2, 0.25) is 15.9 Å². The van der Waals surface area contributed by atoms with Gasteiger partial charge >= 0.3 is 0 Å². The van der Waals surface area contributed by atoms with Gasteiger partial charge in [-0.1, -0.05) is 30.3 Å². The van der Waals surface area contributed by atoms with Crippen molar-refractivity contribution in [2.75, 3.05) is 45.8 Å². The van der Waals surface area contributed by atoms with Crippen molar-refractivity contribution >= 4 is 22.0 Å². The summed E-state index contributed by atoms with van der Waals surface area (Å²) in [4.78, 5) is 16.5. The van der Waals surface area contributed by atoms with Crippen molar-refractivity contribution in [3.05, 3.63) is 41.3 Å². The molecule has 2 heterocycles. The second-order valence-electron chi connectivity index (χ2n) is 7.49. The number of ether oxygens (including phenoxy) is 1. The molecule has 28 heavy (non-hydrogen) atoms. The zero-order valence-electron chi connectivity index (χ0n) is 16.5. The molecule has 2 aliphatic rings. The number of benzene rings is 1. The highest BCUT2D eigenvalue weighted by atomic mass is 32.2. The fraction of sp³-hybridized carbons (Fsp3) is 0.550. The van der Waals surface area contributed by atoms with Crippen molar-refractivity contribution in [2.45, 2.75) is 26.1 Å². The first kappa shape index (κ1) is 21.0. The number of sulfonamides is 1. The van der Waals surface area contributed by atoms with Crippen molar-refractivity contribution in [3.8, 4) is 0 Å². The van der Waals surface area contributed by atoms with Crippen LogP contribution in [-0.2, 0) is 19.6 Å². The molecule has 0 aliphatic carbocycles. The van der Waals surface area contributed by atoms with E-state index in [9.17, 15) is 13.2 Å². The maximum absolute atomic E-state index is 12.6. The highest BCUT2D eigenvalue weighted by molar-refractivity contribution is 7.92. The molecule has 0 radical (unpaired) electrons. The van der Waals surface area contributed by atoms with Gasteiger partial charge in [-0.05, 0) is 25.5 Å². The third-order valence-corrected chi connectivity index (χ3v) is 6.62. The highest BCUT2D eigenvalue weighted by Crippen LogP contribution is 2.14. The number of rotatable bonds is 5. The van der Waals surface area contributed by atoms with Gasteiger partial charge in [-0.3, -0.25) is 9.69 Å². The SMILES string of the molecule is C[C@H]1CN(C(=O)CN2CCN(S(=O)(=O)/C=C/c3ccccc3)CC2)C[C@H](C)O1. The molecule has 2 fully saturated rings. The molecule has 1 amide bonds. The summed E-state index contributed by atoms with van der Waals surface area (Å²) in [6.07, 6.45) is 1.71. The van der Waals surface area contributed by atoms with Gasteiger partial charge in [-0.15, -0.1) is 0 Å². The van der Waals surface area contributed by atoms with Gasteiger partial charge in [0.05, 0.1) is 18.8 Å². The van der Waals surface area contributed by atoms with Crippen LogP contribution in [-0.4, -0.2) is 86.5 Å². The van der Waals surface area contributed by atoms with Crippen molar-refractivity contribution in [1.29, 1.82) is 0 Å². The monoisotopic (exact) mass is 407 g/mol. The molecule has 2 saturated heterocycles. The van der Waals surface area contributed by atoms with E-state index in [1.807, 2.05) is 54.0 Å². The number of piperazine rings is 1. The lowest BCUT2D eigenvalue weighted by Gasteiger charge is -2.38. The van der Waals surface area contributed by atoms with Crippen LogP contribution in [0, 0.1) is 0 Å². The normalized spacial score (nSPS) is 25.3. The van der Waals surface area contributed by atoms with Crippen molar-refractivity contribution in [1.82, 2.24) is 14.1 Å². The number of hydrogen-bond donors (Lipinski definition) is 0. The number of nitrogens with zero attached hydrogens (tertiary/aromatic N) is 3. The summed E-state index contributed by atoms with van der Waals surface area (Å²) in [5.41, 5.74) is 0.851. The van der Waals surface area contributed by atoms with Crippen LogP contribution in [0.4, 0.5) is 0 Å². The lowest BCUT2D eigenvalue weighted by molar-refractivity contribution is -0.144. The molecule has 1 aromatic carbocycles. The van der Waals surface area contributed by atoms with E-state index in [0.717, 1.165) is 5.56 Å². The van der Waals surface area contributed by atoms with E-state index >= 15 is 0 Å². The van der Waals surface area contributed by atoms with Crippen LogP contribution in [0.25, 0.3) is 6.08 Å². The number of amides is 1. The van der Waals surface area contributed by atoms with Gasteiger partial charge in [0.1, 0.15) is 0 Å². The van der Waals surface area contributed by atoms with Crippen molar-refractivity contribution in [3.63, 3.8) is 0 Å². The molecular formula is C20H29N3O4S. The first-order chi connectivity index (χ1) is 13.3. The average molecular weight is 408 g/mol. The van der Waals surface area contributed by atoms with Crippen molar-refractivity contribution in [2.24, 2.45) is 0 Å². The van der Waals surface area contributed by atoms with Crippen LogP contribution in [0.5, 0.6) is 0 Å². The summed E-state index contributed by atoms with van der Waals surface area (Å²) in [7, 11) is -3.45. The second kappa shape index (κ2) is 9.17. The van der Waals surface area contributed by atoms with E-state index in [2.05, 4.69) is 0 Å². The first-order valence-electron chi connectivity index (χ1n) is 9.72. The van der Waals surface area contributed by atoms with Gasteiger partial charge in [-0.25, -0.2) is 8.42 Å². The molecule has 7 nitrogen and oxygen atoms in total. The smallest absolute Gasteiger partial charge is 0.236 e. The molecule has 0 saturated carbocycles. The molecule has 8 heteroatoms. The second-order valence-corrected chi connectivity index (χ2v) is 9.31. The Kier molecular flexibility index (Phi) is 6.87. The Labute approximate surface area is 167 Å². The van der Waals surface area contributed by atoms with E-state index in [4.69, 9.17) is 4.74 Å². The zero-order chi connectivity index (χ0) is 20.1. The van der Waals surface area contributed by atoms with E-state index < -0.39 is 10.0 Å². The van der Waals surface area contributed by atoms with Gasteiger partial charge in [-0.2, -0.15) is 4.31 Å². The third kappa shape index (κ3) is 5.64. The Morgan fingerprint density at radius 1 is 1.07 bits per heavy atom. The summed E-state index contributed by atoms with van der Waals surface area (Å²) in [5.74, 6) is 0.0854. The standard InChI is InChI=1S/C20H29N3O4S/c1-17-14-22(15-18(2)27-17)20(24)16-21-9-11-23(12-10-21)28(25,26)13-8-19-6-4-3-5-7-19/h3-8,13,17-18H,9-12,14-16H2,1-2H3/b13-8+/t17-,18-/m0/s1. The Balaban J connectivity index is 1.50. The van der Waals surface area contributed by atoms with Crippen LogP contribution in [0.15, 0.2) is 35.7 Å². The highest BCUT2D eigenvalue weighted by Gasteiger charge is 2.29. The Hall–Kier alpha value is -1.74. The van der Waals surface area contributed by atoms with E-state index in [0.29, 0.717) is 45.8 Å². The third-order valence-electron chi connectivity index (χ3n) is 5.05. The summed E-state index contributed by atoms with van der Waals surface area (Å²) >= 11 is 0. The molecule has 154 valence electrons. The topological polar surface area (TPSA) is 70.2 Å². The Morgan fingerprint density at radius 2 is 1.68 bits per heavy atom. The fourth-order valence-electron chi connectivity index (χ4n) is 3.63. The molecular weight excluding hydrogens is 378 g/mol. The predicted molar refractivity (Wildman–Crippen MR) is 109 cm³/mol. The minimum Gasteiger partial charge on any atom is -0.372 e. The summed E-state index contributed by atoms with van der Waals surface area (Å²) in [6, 6.07) is 9.37. The van der Waals surface area contributed by atoms with Crippen LogP contribution in [0.3, 0.4) is 0 Å². The zero-order valence-corrected chi connectivity index (χ0v) is 17.3. The molecule has 3 rings (SSSR count). The molecule has 0 spiro atoms. The maximum Gasteiger partial charge on any atom is 0.236 e. The number of carbonyl (C=O) groups excluding carboxylic acids is 1. The minimum absolute atomic E-state index is 0.0473. The van der Waals surface area contributed by atoms with Crippen LogP contribution in [0.1, 0.15) is 19.4 Å². The van der Waals surface area contributed by atoms with Gasteiger partial charge in [0.25, 0.3) is 0 Å². The molecule has 0 bridgehead atoms. The maximum atomic E-state index is 12.6. The van der Waals surface area contributed by atoms with E-state index in [-0.39, 0.29) is 18.1 Å². The number of morpholine rings is 1.